The number of benzene rings is 1. The van der Waals surface area contributed by atoms with Crippen molar-refractivity contribution in [1.29, 1.82) is 0 Å². The second-order valence-corrected chi connectivity index (χ2v) is 4.96. The average Bonchev–Trinajstić information content (AvgIpc) is 2.76. The van der Waals surface area contributed by atoms with E-state index in [1.807, 2.05) is 42.6 Å². The van der Waals surface area contributed by atoms with Crippen molar-refractivity contribution in [3.05, 3.63) is 58.9 Å². The Balaban J connectivity index is 2.19. The highest BCUT2D eigenvalue weighted by Crippen LogP contribution is 2.25. The number of hydrogen-bond acceptors (Lipinski definition) is 2. The highest BCUT2D eigenvalue weighted by Gasteiger charge is 2.10. The van der Waals surface area contributed by atoms with Crippen LogP contribution in [0.1, 0.15) is 11.3 Å². The number of fused-ring (bicyclic) bond motifs is 1. The van der Waals surface area contributed by atoms with Gasteiger partial charge in [-0.1, -0.05) is 29.8 Å². The number of aromatic nitrogens is 2. The quantitative estimate of drug-likeness (QED) is 0.776. The van der Waals surface area contributed by atoms with Crippen molar-refractivity contribution in [3.63, 3.8) is 0 Å². The standard InChI is InChI=1S/C15H14ClN3/c1-10-15(12-3-5-13(16)6-4-12)18-14-7-2-11(8-17)9-19(10)14/h2-7,9H,8,17H2,1H3. The van der Waals surface area contributed by atoms with Gasteiger partial charge in [-0.05, 0) is 30.7 Å². The first-order valence-electron chi connectivity index (χ1n) is 6.12. The number of halogens is 1. The fourth-order valence-corrected chi connectivity index (χ4v) is 2.33. The zero-order chi connectivity index (χ0) is 13.4. The minimum absolute atomic E-state index is 0.532. The van der Waals surface area contributed by atoms with Gasteiger partial charge in [0.25, 0.3) is 0 Å². The maximum atomic E-state index is 5.92. The lowest BCUT2D eigenvalue weighted by molar-refractivity contribution is 1.01. The van der Waals surface area contributed by atoms with Gasteiger partial charge in [0, 0.05) is 29.0 Å². The average molecular weight is 272 g/mol. The number of aryl methyl sites for hydroxylation is 1. The van der Waals surface area contributed by atoms with E-state index in [0.717, 1.165) is 33.2 Å². The summed E-state index contributed by atoms with van der Waals surface area (Å²) < 4.78 is 2.08. The topological polar surface area (TPSA) is 43.3 Å². The van der Waals surface area contributed by atoms with Crippen molar-refractivity contribution in [2.75, 3.05) is 0 Å². The van der Waals surface area contributed by atoms with Gasteiger partial charge in [-0.2, -0.15) is 0 Å². The predicted molar refractivity (Wildman–Crippen MR) is 78.3 cm³/mol. The molecule has 0 saturated carbocycles. The van der Waals surface area contributed by atoms with Gasteiger partial charge in [0.1, 0.15) is 5.65 Å². The van der Waals surface area contributed by atoms with Crippen LogP contribution in [-0.2, 0) is 6.54 Å². The van der Waals surface area contributed by atoms with Gasteiger partial charge < -0.3 is 10.1 Å². The van der Waals surface area contributed by atoms with E-state index >= 15 is 0 Å². The zero-order valence-corrected chi connectivity index (χ0v) is 11.4. The number of pyridine rings is 1. The minimum Gasteiger partial charge on any atom is -0.326 e. The largest absolute Gasteiger partial charge is 0.326 e. The summed E-state index contributed by atoms with van der Waals surface area (Å²) in [5, 5.41) is 0.732. The second-order valence-electron chi connectivity index (χ2n) is 4.52. The van der Waals surface area contributed by atoms with Crippen LogP contribution in [0.15, 0.2) is 42.6 Å². The molecule has 0 aliphatic carbocycles. The number of nitrogens with zero attached hydrogens (tertiary/aromatic N) is 2. The lowest BCUT2D eigenvalue weighted by atomic mass is 10.1. The molecule has 96 valence electrons. The molecule has 0 fully saturated rings. The summed E-state index contributed by atoms with van der Waals surface area (Å²) in [5.74, 6) is 0. The first kappa shape index (κ1) is 12.2. The summed E-state index contributed by atoms with van der Waals surface area (Å²) in [6, 6.07) is 11.7. The Bertz CT molecular complexity index is 729. The number of imidazole rings is 1. The van der Waals surface area contributed by atoms with Crippen LogP contribution in [0, 0.1) is 6.92 Å². The highest BCUT2D eigenvalue weighted by atomic mass is 35.5. The summed E-state index contributed by atoms with van der Waals surface area (Å²) >= 11 is 5.92. The Morgan fingerprint density at radius 2 is 1.89 bits per heavy atom. The maximum absolute atomic E-state index is 5.92. The van der Waals surface area contributed by atoms with E-state index in [1.54, 1.807) is 0 Å². The molecule has 3 aromatic rings. The molecular weight excluding hydrogens is 258 g/mol. The van der Waals surface area contributed by atoms with Crippen molar-refractivity contribution in [1.82, 2.24) is 9.38 Å². The molecule has 0 aliphatic rings. The highest BCUT2D eigenvalue weighted by molar-refractivity contribution is 6.30. The summed E-state index contributed by atoms with van der Waals surface area (Å²) in [5.41, 5.74) is 10.9. The monoisotopic (exact) mass is 271 g/mol. The maximum Gasteiger partial charge on any atom is 0.137 e. The van der Waals surface area contributed by atoms with Crippen molar-refractivity contribution in [3.8, 4) is 11.3 Å². The van der Waals surface area contributed by atoms with Gasteiger partial charge in [-0.3, -0.25) is 0 Å². The van der Waals surface area contributed by atoms with Crippen LogP contribution in [-0.4, -0.2) is 9.38 Å². The van der Waals surface area contributed by atoms with Crippen LogP contribution in [0.5, 0.6) is 0 Å². The molecule has 2 N–H and O–H groups in total. The van der Waals surface area contributed by atoms with E-state index in [2.05, 4.69) is 16.3 Å². The molecule has 3 nitrogen and oxygen atoms in total. The third-order valence-corrected chi connectivity index (χ3v) is 3.52. The van der Waals surface area contributed by atoms with Crippen molar-refractivity contribution in [2.45, 2.75) is 13.5 Å². The van der Waals surface area contributed by atoms with Gasteiger partial charge in [0.2, 0.25) is 0 Å². The third kappa shape index (κ3) is 2.11. The van der Waals surface area contributed by atoms with E-state index in [1.165, 1.54) is 0 Å². The Morgan fingerprint density at radius 1 is 1.16 bits per heavy atom. The van der Waals surface area contributed by atoms with Crippen molar-refractivity contribution < 1.29 is 0 Å². The molecule has 0 unspecified atom stereocenters. The molecule has 2 heterocycles. The molecule has 0 saturated heterocycles. The van der Waals surface area contributed by atoms with Crippen LogP contribution >= 0.6 is 11.6 Å². The van der Waals surface area contributed by atoms with Crippen LogP contribution in [0.25, 0.3) is 16.9 Å². The third-order valence-electron chi connectivity index (χ3n) is 3.27. The molecule has 2 aromatic heterocycles. The molecule has 0 amide bonds. The Morgan fingerprint density at radius 3 is 2.58 bits per heavy atom. The minimum atomic E-state index is 0.532. The van der Waals surface area contributed by atoms with Gasteiger partial charge in [0.05, 0.1) is 5.69 Å². The normalized spacial score (nSPS) is 11.1. The number of hydrogen-bond donors (Lipinski definition) is 1. The van der Waals surface area contributed by atoms with Crippen LogP contribution in [0.4, 0.5) is 0 Å². The Hall–Kier alpha value is -1.84. The van der Waals surface area contributed by atoms with Gasteiger partial charge in [-0.15, -0.1) is 0 Å². The van der Waals surface area contributed by atoms with Crippen molar-refractivity contribution >= 4 is 17.2 Å². The fraction of sp³-hybridized carbons (Fsp3) is 0.133. The molecule has 19 heavy (non-hydrogen) atoms. The fourth-order valence-electron chi connectivity index (χ4n) is 2.21. The first-order chi connectivity index (χ1) is 9.19. The number of rotatable bonds is 2. The predicted octanol–water partition coefficient (Wildman–Crippen LogP) is 3.42. The van der Waals surface area contributed by atoms with Crippen LogP contribution < -0.4 is 5.73 Å². The molecule has 0 aliphatic heterocycles. The summed E-state index contributed by atoms with van der Waals surface area (Å²) in [6.07, 6.45) is 2.04. The van der Waals surface area contributed by atoms with Crippen molar-refractivity contribution in [2.24, 2.45) is 5.73 Å². The first-order valence-corrected chi connectivity index (χ1v) is 6.50. The number of nitrogens with two attached hydrogens (primary N) is 1. The molecule has 4 heteroatoms. The molecule has 0 atom stereocenters. The second kappa shape index (κ2) is 4.68. The smallest absolute Gasteiger partial charge is 0.137 e. The molecule has 0 radical (unpaired) electrons. The Kier molecular flexibility index (Phi) is 3.01. The SMILES string of the molecule is Cc1c(-c2ccc(Cl)cc2)nc2ccc(CN)cn12. The van der Waals surface area contributed by atoms with E-state index in [-0.39, 0.29) is 0 Å². The van der Waals surface area contributed by atoms with E-state index < -0.39 is 0 Å². The van der Waals surface area contributed by atoms with Crippen LogP contribution in [0.2, 0.25) is 5.02 Å². The van der Waals surface area contributed by atoms with Crippen LogP contribution in [0.3, 0.4) is 0 Å². The van der Waals surface area contributed by atoms with E-state index in [4.69, 9.17) is 17.3 Å². The lowest BCUT2D eigenvalue weighted by Crippen LogP contribution is -1.98. The van der Waals surface area contributed by atoms with Gasteiger partial charge >= 0.3 is 0 Å². The zero-order valence-electron chi connectivity index (χ0n) is 10.6. The molecule has 0 spiro atoms. The molecule has 3 rings (SSSR count). The Labute approximate surface area is 116 Å². The summed E-state index contributed by atoms with van der Waals surface area (Å²) in [4.78, 5) is 4.67. The van der Waals surface area contributed by atoms with Gasteiger partial charge in [0.15, 0.2) is 0 Å². The molecule has 0 bridgehead atoms. The molecular formula is C15H14ClN3. The molecule has 1 aromatic carbocycles. The van der Waals surface area contributed by atoms with E-state index in [9.17, 15) is 0 Å². The van der Waals surface area contributed by atoms with E-state index in [0.29, 0.717) is 6.54 Å². The lowest BCUT2D eigenvalue weighted by Gasteiger charge is -2.01. The summed E-state index contributed by atoms with van der Waals surface area (Å²) in [6.45, 7) is 2.59. The van der Waals surface area contributed by atoms with Gasteiger partial charge in [-0.25, -0.2) is 4.98 Å². The summed E-state index contributed by atoms with van der Waals surface area (Å²) in [7, 11) is 0.